The Hall–Kier alpha value is -4.73. The Morgan fingerprint density at radius 3 is 2.28 bits per heavy atom. The van der Waals surface area contributed by atoms with Gasteiger partial charge in [-0.3, -0.25) is 10.2 Å². The van der Waals surface area contributed by atoms with Crippen molar-refractivity contribution >= 4 is 38.4 Å². The molecule has 9 heteroatoms. The molecule has 0 saturated carbocycles. The van der Waals surface area contributed by atoms with Gasteiger partial charge < -0.3 is 15.6 Å². The molecule has 196 valence electrons. The smallest absolute Gasteiger partial charge is 0.238 e. The van der Waals surface area contributed by atoms with Crippen LogP contribution in [0, 0.1) is 5.41 Å². The topological polar surface area (TPSA) is 144 Å². The lowest BCUT2D eigenvalue weighted by Crippen LogP contribution is -2.17. The second-order valence-electron chi connectivity index (χ2n) is 9.27. The number of hydrogen-bond acceptors (Lipinski definition) is 4. The number of carbonyl (C=O) groups excluding carboxylic acids is 1. The molecule has 4 aromatic carbocycles. The van der Waals surface area contributed by atoms with Gasteiger partial charge in [-0.25, -0.2) is 13.6 Å². The fraction of sp³-hybridized carbons (Fsp3) is 0.0667. The quantitative estimate of drug-likeness (QED) is 0.171. The zero-order valence-electron chi connectivity index (χ0n) is 21.0. The van der Waals surface area contributed by atoms with Crippen LogP contribution in [0.15, 0.2) is 108 Å². The second kappa shape index (κ2) is 10.6. The summed E-state index contributed by atoms with van der Waals surface area (Å²) in [6.07, 6.45) is 0.143. The SMILES string of the molecule is N=C(N)c1ccc2c(c1)cc(CC(=O)Nc1cccc(-c3ccc(S(N)(=O)=O)cc3)c1)n2Cc1ccccc1. The van der Waals surface area contributed by atoms with Crippen LogP contribution >= 0.6 is 0 Å². The monoisotopic (exact) mass is 537 g/mol. The van der Waals surface area contributed by atoms with E-state index in [4.69, 9.17) is 16.3 Å². The maximum atomic E-state index is 13.2. The number of anilines is 1. The van der Waals surface area contributed by atoms with E-state index >= 15 is 0 Å². The van der Waals surface area contributed by atoms with Crippen molar-refractivity contribution in [2.75, 3.05) is 5.32 Å². The van der Waals surface area contributed by atoms with E-state index in [-0.39, 0.29) is 23.1 Å². The van der Waals surface area contributed by atoms with Crippen LogP contribution in [0.25, 0.3) is 22.0 Å². The number of sulfonamides is 1. The van der Waals surface area contributed by atoms with Gasteiger partial charge in [-0.05, 0) is 65.2 Å². The standard InChI is InChI=1S/C30H27N5O3S/c31-30(32)23-11-14-28-24(15-23)17-26(35(28)19-20-5-2-1-3-6-20)18-29(36)34-25-8-4-7-22(16-25)21-9-12-27(13-10-21)39(33,37)38/h1-17H,18-19H2,(H3,31,32)(H,34,36)(H2,33,37,38). The first-order valence-corrected chi connectivity index (χ1v) is 13.8. The maximum Gasteiger partial charge on any atom is 0.238 e. The van der Waals surface area contributed by atoms with Gasteiger partial charge >= 0.3 is 0 Å². The number of aromatic nitrogens is 1. The van der Waals surface area contributed by atoms with E-state index in [1.807, 2.05) is 72.8 Å². The number of amidine groups is 1. The first-order chi connectivity index (χ1) is 18.7. The Bertz CT molecular complexity index is 1790. The molecule has 0 atom stereocenters. The summed E-state index contributed by atoms with van der Waals surface area (Å²) in [4.78, 5) is 13.2. The number of nitrogen functional groups attached to an aromatic ring is 1. The molecule has 6 N–H and O–H groups in total. The lowest BCUT2D eigenvalue weighted by Gasteiger charge is -2.12. The number of primary sulfonamides is 1. The van der Waals surface area contributed by atoms with E-state index in [1.54, 1.807) is 18.2 Å². The molecule has 39 heavy (non-hydrogen) atoms. The highest BCUT2D eigenvalue weighted by molar-refractivity contribution is 7.89. The summed E-state index contributed by atoms with van der Waals surface area (Å²) in [7, 11) is -3.77. The summed E-state index contributed by atoms with van der Waals surface area (Å²) in [5, 5.41) is 16.9. The van der Waals surface area contributed by atoms with Crippen molar-refractivity contribution < 1.29 is 13.2 Å². The fourth-order valence-corrected chi connectivity index (χ4v) is 5.09. The number of fused-ring (bicyclic) bond motifs is 1. The van der Waals surface area contributed by atoms with E-state index in [0.717, 1.165) is 33.3 Å². The van der Waals surface area contributed by atoms with Gasteiger partial charge in [0.2, 0.25) is 15.9 Å². The molecule has 1 heterocycles. The molecule has 0 radical (unpaired) electrons. The van der Waals surface area contributed by atoms with Gasteiger partial charge in [0.05, 0.1) is 11.3 Å². The van der Waals surface area contributed by atoms with Crippen LogP contribution < -0.4 is 16.2 Å². The predicted octanol–water partition coefficient (Wildman–Crippen LogP) is 4.47. The highest BCUT2D eigenvalue weighted by Gasteiger charge is 2.15. The zero-order valence-corrected chi connectivity index (χ0v) is 21.8. The van der Waals surface area contributed by atoms with Crippen LogP contribution in [0.2, 0.25) is 0 Å². The lowest BCUT2D eigenvalue weighted by molar-refractivity contribution is -0.115. The van der Waals surface area contributed by atoms with Crippen molar-refractivity contribution in [1.29, 1.82) is 5.41 Å². The van der Waals surface area contributed by atoms with E-state index in [1.165, 1.54) is 12.1 Å². The molecule has 1 aromatic heterocycles. The summed E-state index contributed by atoms with van der Waals surface area (Å²) in [5.74, 6) is -0.188. The van der Waals surface area contributed by atoms with Crippen molar-refractivity contribution in [3.05, 3.63) is 120 Å². The van der Waals surface area contributed by atoms with Gasteiger partial charge in [-0.1, -0.05) is 54.6 Å². The van der Waals surface area contributed by atoms with E-state index in [0.29, 0.717) is 17.8 Å². The molecular weight excluding hydrogens is 510 g/mol. The van der Waals surface area contributed by atoms with Crippen LogP contribution in [-0.4, -0.2) is 24.7 Å². The minimum atomic E-state index is -3.77. The van der Waals surface area contributed by atoms with Gasteiger partial charge in [0, 0.05) is 34.4 Å². The normalized spacial score (nSPS) is 11.4. The van der Waals surface area contributed by atoms with Gasteiger partial charge in [0.25, 0.3) is 0 Å². The van der Waals surface area contributed by atoms with Crippen LogP contribution in [0.5, 0.6) is 0 Å². The van der Waals surface area contributed by atoms with E-state index in [9.17, 15) is 13.2 Å². The van der Waals surface area contributed by atoms with E-state index in [2.05, 4.69) is 9.88 Å². The van der Waals surface area contributed by atoms with Gasteiger partial charge in [0.1, 0.15) is 5.84 Å². The largest absolute Gasteiger partial charge is 0.384 e. The summed E-state index contributed by atoms with van der Waals surface area (Å²) in [6.45, 7) is 0.594. The molecule has 0 spiro atoms. The summed E-state index contributed by atoms with van der Waals surface area (Å²) < 4.78 is 25.2. The lowest BCUT2D eigenvalue weighted by atomic mass is 10.1. The van der Waals surface area contributed by atoms with Crippen molar-refractivity contribution in [1.82, 2.24) is 4.57 Å². The minimum absolute atomic E-state index is 0.00817. The number of nitrogens with zero attached hydrogens (tertiary/aromatic N) is 1. The zero-order chi connectivity index (χ0) is 27.6. The van der Waals surface area contributed by atoms with Crippen molar-refractivity contribution in [3.63, 3.8) is 0 Å². The molecule has 5 aromatic rings. The Kier molecular flexibility index (Phi) is 7.02. The predicted molar refractivity (Wildman–Crippen MR) is 154 cm³/mol. The summed E-state index contributed by atoms with van der Waals surface area (Å²) in [5.41, 5.74) is 11.5. The molecule has 0 aliphatic rings. The Morgan fingerprint density at radius 2 is 1.59 bits per heavy atom. The molecule has 0 fully saturated rings. The number of carbonyl (C=O) groups is 1. The molecule has 0 saturated heterocycles. The Morgan fingerprint density at radius 1 is 0.846 bits per heavy atom. The van der Waals surface area contributed by atoms with Crippen LogP contribution in [-0.2, 0) is 27.8 Å². The number of benzene rings is 4. The Balaban J connectivity index is 1.40. The summed E-state index contributed by atoms with van der Waals surface area (Å²) in [6, 6.07) is 31.2. The average Bonchev–Trinajstić information content (AvgIpc) is 3.24. The van der Waals surface area contributed by atoms with E-state index < -0.39 is 10.0 Å². The minimum Gasteiger partial charge on any atom is -0.384 e. The number of nitrogens with two attached hydrogens (primary N) is 2. The van der Waals surface area contributed by atoms with Crippen LogP contribution in [0.1, 0.15) is 16.8 Å². The first-order valence-electron chi connectivity index (χ1n) is 12.2. The van der Waals surface area contributed by atoms with Crippen molar-refractivity contribution in [2.45, 2.75) is 17.9 Å². The molecule has 0 aliphatic carbocycles. The number of rotatable bonds is 8. The third kappa shape index (κ3) is 5.90. The van der Waals surface area contributed by atoms with Gasteiger partial charge in [-0.2, -0.15) is 0 Å². The molecule has 0 unspecified atom stereocenters. The molecule has 0 aliphatic heterocycles. The molecule has 5 rings (SSSR count). The number of amides is 1. The maximum absolute atomic E-state index is 13.2. The van der Waals surface area contributed by atoms with Crippen molar-refractivity contribution in [2.24, 2.45) is 10.9 Å². The molecular formula is C30H27N5O3S. The first kappa shape index (κ1) is 25.9. The van der Waals surface area contributed by atoms with Crippen molar-refractivity contribution in [3.8, 4) is 11.1 Å². The van der Waals surface area contributed by atoms with Crippen LogP contribution in [0.4, 0.5) is 5.69 Å². The highest BCUT2D eigenvalue weighted by Crippen LogP contribution is 2.26. The van der Waals surface area contributed by atoms with Gasteiger partial charge in [0.15, 0.2) is 0 Å². The molecule has 0 bridgehead atoms. The van der Waals surface area contributed by atoms with Crippen LogP contribution in [0.3, 0.4) is 0 Å². The van der Waals surface area contributed by atoms with Gasteiger partial charge in [-0.15, -0.1) is 0 Å². The third-order valence-corrected chi connectivity index (χ3v) is 7.42. The summed E-state index contributed by atoms with van der Waals surface area (Å²) >= 11 is 0. The number of hydrogen-bond donors (Lipinski definition) is 4. The Labute approximate surface area is 226 Å². The second-order valence-corrected chi connectivity index (χ2v) is 10.8. The highest BCUT2D eigenvalue weighted by atomic mass is 32.2. The average molecular weight is 538 g/mol. The fourth-order valence-electron chi connectivity index (χ4n) is 4.58. The third-order valence-electron chi connectivity index (χ3n) is 6.49. The number of nitrogens with one attached hydrogen (secondary N) is 2. The molecule has 8 nitrogen and oxygen atoms in total. The molecule has 1 amide bonds.